The minimum Gasteiger partial charge on any atom is -0.355 e. The lowest BCUT2D eigenvalue weighted by molar-refractivity contribution is 0.481. The fourth-order valence-electron chi connectivity index (χ4n) is 3.27. The molecule has 0 saturated carbocycles. The van der Waals surface area contributed by atoms with Gasteiger partial charge in [-0.25, -0.2) is 19.9 Å². The first-order valence-electron chi connectivity index (χ1n) is 8.65. The summed E-state index contributed by atoms with van der Waals surface area (Å²) in [6, 6.07) is 2.46. The second-order valence-electron chi connectivity index (χ2n) is 6.61. The second-order valence-corrected chi connectivity index (χ2v) is 7.39. The predicted octanol–water partition coefficient (Wildman–Crippen LogP) is 3.02. The molecule has 0 bridgehead atoms. The van der Waals surface area contributed by atoms with Crippen LogP contribution < -0.4 is 9.80 Å². The lowest BCUT2D eigenvalue weighted by Crippen LogP contribution is -2.47. The summed E-state index contributed by atoms with van der Waals surface area (Å²) in [6.07, 6.45) is 5.98. The molecular weight excluding hydrogens is 332 g/mol. The molecule has 0 aromatic carbocycles. The van der Waals surface area contributed by atoms with Crippen LogP contribution in [0.3, 0.4) is 0 Å². The molecule has 3 rings (SSSR count). The Morgan fingerprint density at radius 2 is 2.00 bits per heavy atom. The Morgan fingerprint density at radius 3 is 2.72 bits per heavy atom. The van der Waals surface area contributed by atoms with Gasteiger partial charge in [0.15, 0.2) is 5.16 Å². The van der Waals surface area contributed by atoms with Gasteiger partial charge in [0.05, 0.1) is 0 Å². The van der Waals surface area contributed by atoms with Crippen molar-refractivity contribution < 1.29 is 0 Å². The third-order valence-corrected chi connectivity index (χ3v) is 5.47. The molecule has 6 nitrogen and oxygen atoms in total. The molecule has 7 heteroatoms. The lowest BCUT2D eigenvalue weighted by atomic mass is 10.0. The highest BCUT2D eigenvalue weighted by Gasteiger charge is 2.26. The summed E-state index contributed by atoms with van der Waals surface area (Å²) >= 11 is 1.60. The molecule has 134 valence electrons. The Labute approximate surface area is 154 Å². The van der Waals surface area contributed by atoms with Crippen molar-refractivity contribution in [3.05, 3.63) is 29.3 Å². The number of nitrogens with zero attached hydrogens (tertiary/aromatic N) is 6. The van der Waals surface area contributed by atoms with Gasteiger partial charge >= 0.3 is 0 Å². The zero-order valence-corrected chi connectivity index (χ0v) is 16.5. The molecule has 1 fully saturated rings. The molecule has 2 aromatic rings. The van der Waals surface area contributed by atoms with Gasteiger partial charge in [0.1, 0.15) is 18.0 Å². The smallest absolute Gasteiger partial charge is 0.189 e. The van der Waals surface area contributed by atoms with Crippen molar-refractivity contribution in [2.24, 2.45) is 0 Å². The SMILES string of the molecule is CSc1nc(C)c(C)c(N2CCCC(N(C)c3cc(C)ncn3)C2)n1. The first kappa shape index (κ1) is 17.9. The Morgan fingerprint density at radius 1 is 1.20 bits per heavy atom. The highest BCUT2D eigenvalue weighted by Crippen LogP contribution is 2.27. The van der Waals surface area contributed by atoms with Gasteiger partial charge in [-0.3, -0.25) is 0 Å². The van der Waals surface area contributed by atoms with Crippen molar-refractivity contribution in [2.45, 2.75) is 44.8 Å². The molecule has 1 atom stereocenters. The summed E-state index contributed by atoms with van der Waals surface area (Å²) < 4.78 is 0. The standard InChI is InChI=1S/C18H26N6S/c1-12-9-16(20-11-19-12)23(4)15-7-6-8-24(10-15)17-13(2)14(3)21-18(22-17)25-5/h9,11,15H,6-8,10H2,1-5H3. The molecule has 0 N–H and O–H groups in total. The van der Waals surface area contributed by atoms with Gasteiger partial charge in [-0.2, -0.15) is 0 Å². The third kappa shape index (κ3) is 3.86. The molecule has 3 heterocycles. The number of aromatic nitrogens is 4. The first-order valence-corrected chi connectivity index (χ1v) is 9.87. The first-order chi connectivity index (χ1) is 12.0. The van der Waals surface area contributed by atoms with Crippen LogP contribution in [0.25, 0.3) is 0 Å². The average molecular weight is 359 g/mol. The maximum Gasteiger partial charge on any atom is 0.189 e. The number of anilines is 2. The second kappa shape index (κ2) is 7.56. The Kier molecular flexibility index (Phi) is 5.42. The fourth-order valence-corrected chi connectivity index (χ4v) is 3.68. The molecule has 0 aliphatic carbocycles. The van der Waals surface area contributed by atoms with E-state index in [0.717, 1.165) is 54.1 Å². The van der Waals surface area contributed by atoms with Crippen LogP contribution >= 0.6 is 11.8 Å². The summed E-state index contributed by atoms with van der Waals surface area (Å²) in [5, 5.41) is 0.847. The van der Waals surface area contributed by atoms with Gasteiger partial charge in [0.2, 0.25) is 0 Å². The monoisotopic (exact) mass is 358 g/mol. The number of rotatable bonds is 4. The molecule has 0 amide bonds. The van der Waals surface area contributed by atoms with Gasteiger partial charge in [-0.15, -0.1) is 0 Å². The van der Waals surface area contributed by atoms with E-state index in [1.54, 1.807) is 18.1 Å². The molecule has 1 aliphatic rings. The number of piperidine rings is 1. The average Bonchev–Trinajstić information content (AvgIpc) is 2.63. The van der Waals surface area contributed by atoms with E-state index in [2.05, 4.69) is 45.6 Å². The molecular formula is C18H26N6S. The van der Waals surface area contributed by atoms with Crippen LogP contribution in [0.2, 0.25) is 0 Å². The molecule has 0 spiro atoms. The molecule has 1 aliphatic heterocycles. The van der Waals surface area contributed by atoms with Crippen molar-refractivity contribution in [3.63, 3.8) is 0 Å². The quantitative estimate of drug-likeness (QED) is 0.615. The van der Waals surface area contributed by atoms with Crippen molar-refractivity contribution in [3.8, 4) is 0 Å². The predicted molar refractivity (Wildman–Crippen MR) is 104 cm³/mol. The third-order valence-electron chi connectivity index (χ3n) is 4.92. The number of likely N-dealkylation sites (N-methyl/N-ethyl adjacent to an activating group) is 1. The molecule has 2 aromatic heterocycles. The Hall–Kier alpha value is -1.89. The van der Waals surface area contributed by atoms with Gasteiger partial charge in [-0.05, 0) is 39.9 Å². The minimum absolute atomic E-state index is 0.412. The van der Waals surface area contributed by atoms with Crippen LogP contribution in [0.1, 0.15) is 29.8 Å². The van der Waals surface area contributed by atoms with E-state index in [1.807, 2.05) is 19.2 Å². The summed E-state index contributed by atoms with van der Waals surface area (Å²) in [4.78, 5) is 22.7. The van der Waals surface area contributed by atoms with Crippen molar-refractivity contribution in [1.29, 1.82) is 0 Å². The van der Waals surface area contributed by atoms with Gasteiger partial charge in [0.25, 0.3) is 0 Å². The summed E-state index contributed by atoms with van der Waals surface area (Å²) in [5.74, 6) is 2.06. The molecule has 1 saturated heterocycles. The van der Waals surface area contributed by atoms with E-state index in [4.69, 9.17) is 4.98 Å². The van der Waals surface area contributed by atoms with Crippen LogP contribution in [0.4, 0.5) is 11.6 Å². The summed E-state index contributed by atoms with van der Waals surface area (Å²) in [5.41, 5.74) is 3.24. The maximum absolute atomic E-state index is 4.79. The van der Waals surface area contributed by atoms with Crippen molar-refractivity contribution >= 4 is 23.4 Å². The normalized spacial score (nSPS) is 17.6. The highest BCUT2D eigenvalue weighted by molar-refractivity contribution is 7.98. The van der Waals surface area contributed by atoms with E-state index >= 15 is 0 Å². The van der Waals surface area contributed by atoms with Crippen LogP contribution in [-0.2, 0) is 0 Å². The van der Waals surface area contributed by atoms with Crippen LogP contribution in [0, 0.1) is 20.8 Å². The zero-order chi connectivity index (χ0) is 18.0. The fraction of sp³-hybridized carbons (Fsp3) is 0.556. The molecule has 0 radical (unpaired) electrons. The topological polar surface area (TPSA) is 58.0 Å². The zero-order valence-electron chi connectivity index (χ0n) is 15.7. The number of thioether (sulfide) groups is 1. The lowest BCUT2D eigenvalue weighted by Gasteiger charge is -2.39. The van der Waals surface area contributed by atoms with Crippen LogP contribution in [0.15, 0.2) is 17.6 Å². The van der Waals surface area contributed by atoms with Crippen LogP contribution in [-0.4, -0.2) is 52.4 Å². The largest absolute Gasteiger partial charge is 0.355 e. The van der Waals surface area contributed by atoms with Crippen molar-refractivity contribution in [2.75, 3.05) is 36.2 Å². The van der Waals surface area contributed by atoms with Crippen molar-refractivity contribution in [1.82, 2.24) is 19.9 Å². The van der Waals surface area contributed by atoms with E-state index in [1.165, 1.54) is 5.56 Å². The minimum atomic E-state index is 0.412. The molecule has 1 unspecified atom stereocenters. The highest BCUT2D eigenvalue weighted by atomic mass is 32.2. The van der Waals surface area contributed by atoms with Gasteiger partial charge in [0, 0.05) is 49.2 Å². The number of hydrogen-bond donors (Lipinski definition) is 0. The number of hydrogen-bond acceptors (Lipinski definition) is 7. The maximum atomic E-state index is 4.79. The van der Waals surface area contributed by atoms with Gasteiger partial charge < -0.3 is 9.80 Å². The van der Waals surface area contributed by atoms with Gasteiger partial charge in [-0.1, -0.05) is 11.8 Å². The number of aryl methyl sites for hydroxylation is 2. The summed E-state index contributed by atoms with van der Waals surface area (Å²) in [6.45, 7) is 8.18. The van der Waals surface area contributed by atoms with E-state index in [-0.39, 0.29) is 0 Å². The Bertz CT molecular complexity index is 750. The molecule has 25 heavy (non-hydrogen) atoms. The van der Waals surface area contributed by atoms with Crippen LogP contribution in [0.5, 0.6) is 0 Å². The van der Waals surface area contributed by atoms with E-state index < -0.39 is 0 Å². The Balaban J connectivity index is 1.83. The van der Waals surface area contributed by atoms with E-state index in [9.17, 15) is 0 Å². The van der Waals surface area contributed by atoms with E-state index in [0.29, 0.717) is 6.04 Å². The summed E-state index contributed by atoms with van der Waals surface area (Å²) in [7, 11) is 2.13.